The van der Waals surface area contributed by atoms with Crippen molar-refractivity contribution in [2.45, 2.75) is 77.8 Å². The Balaban J connectivity index is 1.78. The Labute approximate surface area is 121 Å². The second-order valence-electron chi connectivity index (χ2n) is 7.56. The van der Waals surface area contributed by atoms with Gasteiger partial charge in [-0.25, -0.2) is 0 Å². The van der Waals surface area contributed by atoms with Gasteiger partial charge in [0.15, 0.2) is 0 Å². The van der Waals surface area contributed by atoms with E-state index in [1.807, 2.05) is 0 Å². The maximum atomic E-state index is 11.4. The minimum atomic E-state index is -0.528. The van der Waals surface area contributed by atoms with Gasteiger partial charge < -0.3 is 5.32 Å². The van der Waals surface area contributed by atoms with Crippen LogP contribution in [-0.4, -0.2) is 27.8 Å². The summed E-state index contributed by atoms with van der Waals surface area (Å²) in [6.07, 6.45) is 9.06. The van der Waals surface area contributed by atoms with Crippen molar-refractivity contribution in [2.75, 3.05) is 11.5 Å². The third kappa shape index (κ3) is 4.86. The molecule has 2 aliphatic rings. The van der Waals surface area contributed by atoms with Gasteiger partial charge in [0, 0.05) is 34.4 Å². The Morgan fingerprint density at radius 1 is 0.895 bits per heavy atom. The molecule has 112 valence electrons. The fourth-order valence-electron chi connectivity index (χ4n) is 3.63. The van der Waals surface area contributed by atoms with Crippen LogP contribution in [0.2, 0.25) is 0 Å². The van der Waals surface area contributed by atoms with Crippen LogP contribution < -0.4 is 5.32 Å². The summed E-state index contributed by atoms with van der Waals surface area (Å²) < 4.78 is 11.4. The van der Waals surface area contributed by atoms with Gasteiger partial charge in [-0.15, -0.1) is 0 Å². The lowest BCUT2D eigenvalue weighted by Crippen LogP contribution is -2.42. The number of nitrogens with one attached hydrogen (secondary N) is 1. The molecule has 0 aromatic carbocycles. The summed E-state index contributed by atoms with van der Waals surface area (Å²) in [7, 11) is -0.528. The molecule has 2 nitrogen and oxygen atoms in total. The third-order valence-corrected chi connectivity index (χ3v) is 6.43. The maximum absolute atomic E-state index is 11.4. The predicted molar refractivity (Wildman–Crippen MR) is 83.9 cm³/mol. The van der Waals surface area contributed by atoms with Crippen molar-refractivity contribution in [3.63, 3.8) is 0 Å². The van der Waals surface area contributed by atoms with Gasteiger partial charge in [-0.3, -0.25) is 4.21 Å². The monoisotopic (exact) mass is 285 g/mol. The molecule has 0 aromatic heterocycles. The smallest absolute Gasteiger partial charge is 0.0249 e. The summed E-state index contributed by atoms with van der Waals surface area (Å²) in [4.78, 5) is 0. The number of hydrogen-bond acceptors (Lipinski definition) is 2. The van der Waals surface area contributed by atoms with Crippen molar-refractivity contribution in [1.29, 1.82) is 0 Å². The Hall–Kier alpha value is 0.110. The van der Waals surface area contributed by atoms with Crippen LogP contribution in [0.1, 0.15) is 65.7 Å². The van der Waals surface area contributed by atoms with Crippen LogP contribution in [0, 0.1) is 11.3 Å². The average molecular weight is 285 g/mol. The second kappa shape index (κ2) is 6.71. The first-order valence-corrected chi connectivity index (χ1v) is 9.55. The summed E-state index contributed by atoms with van der Waals surface area (Å²) in [5.41, 5.74) is 0.469. The molecule has 0 spiro atoms. The lowest BCUT2D eigenvalue weighted by atomic mass is 9.76. The molecule has 1 heterocycles. The Morgan fingerprint density at radius 2 is 1.53 bits per heavy atom. The van der Waals surface area contributed by atoms with Gasteiger partial charge in [0.1, 0.15) is 0 Å². The highest BCUT2D eigenvalue weighted by atomic mass is 32.2. The summed E-state index contributed by atoms with van der Waals surface area (Å²) >= 11 is 0. The lowest BCUT2D eigenvalue weighted by Gasteiger charge is -2.30. The quantitative estimate of drug-likeness (QED) is 0.787. The highest BCUT2D eigenvalue weighted by Crippen LogP contribution is 2.36. The third-order valence-electron chi connectivity index (χ3n) is 5.05. The molecule has 3 heteroatoms. The van der Waals surface area contributed by atoms with Crippen molar-refractivity contribution in [3.8, 4) is 0 Å². The van der Waals surface area contributed by atoms with E-state index in [2.05, 4.69) is 26.1 Å². The fourth-order valence-corrected chi connectivity index (χ4v) is 4.93. The van der Waals surface area contributed by atoms with Gasteiger partial charge in [0.2, 0.25) is 0 Å². The Bertz CT molecular complexity index is 300. The van der Waals surface area contributed by atoms with Gasteiger partial charge in [0.25, 0.3) is 0 Å². The van der Waals surface area contributed by atoms with Crippen LogP contribution in [0.15, 0.2) is 0 Å². The maximum Gasteiger partial charge on any atom is 0.0249 e. The largest absolute Gasteiger partial charge is 0.311 e. The lowest BCUT2D eigenvalue weighted by molar-refractivity contribution is 0.213. The molecule has 0 aromatic rings. The van der Waals surface area contributed by atoms with Crippen molar-refractivity contribution in [2.24, 2.45) is 11.3 Å². The number of hydrogen-bond donors (Lipinski definition) is 1. The van der Waals surface area contributed by atoms with Crippen molar-refractivity contribution in [1.82, 2.24) is 5.32 Å². The van der Waals surface area contributed by atoms with Crippen LogP contribution in [0.25, 0.3) is 0 Å². The number of rotatable bonds is 2. The molecule has 0 radical (unpaired) electrons. The first-order valence-electron chi connectivity index (χ1n) is 8.06. The van der Waals surface area contributed by atoms with Crippen molar-refractivity contribution >= 4 is 10.8 Å². The standard InChI is InChI=1S/C16H31NOS/c1-16(2,3)13-5-4-6-14(8-7-13)17-15-9-11-19(18)12-10-15/h13-15,17H,4-12H2,1-3H3. The molecular weight excluding hydrogens is 254 g/mol. The van der Waals surface area contributed by atoms with E-state index in [1.165, 1.54) is 32.1 Å². The molecule has 2 unspecified atom stereocenters. The summed E-state index contributed by atoms with van der Waals surface area (Å²) in [6, 6.07) is 1.35. The van der Waals surface area contributed by atoms with E-state index in [9.17, 15) is 4.21 Å². The topological polar surface area (TPSA) is 29.1 Å². The molecule has 1 aliphatic carbocycles. The molecule has 1 saturated carbocycles. The molecular formula is C16H31NOS. The van der Waals surface area contributed by atoms with Crippen molar-refractivity contribution < 1.29 is 4.21 Å². The van der Waals surface area contributed by atoms with Gasteiger partial charge in [-0.05, 0) is 49.9 Å². The zero-order valence-corrected chi connectivity index (χ0v) is 13.7. The van der Waals surface area contributed by atoms with E-state index < -0.39 is 10.8 Å². The van der Waals surface area contributed by atoms with E-state index >= 15 is 0 Å². The van der Waals surface area contributed by atoms with E-state index in [4.69, 9.17) is 0 Å². The Morgan fingerprint density at radius 3 is 2.16 bits per heavy atom. The molecule has 1 saturated heterocycles. The van der Waals surface area contributed by atoms with E-state index in [0.29, 0.717) is 17.5 Å². The van der Waals surface area contributed by atoms with Gasteiger partial charge in [-0.1, -0.05) is 27.2 Å². The highest BCUT2D eigenvalue weighted by molar-refractivity contribution is 7.85. The Kier molecular flexibility index (Phi) is 5.47. The van der Waals surface area contributed by atoms with Gasteiger partial charge >= 0.3 is 0 Å². The normalized spacial score (nSPS) is 37.8. The molecule has 0 bridgehead atoms. The average Bonchev–Trinajstić information content (AvgIpc) is 2.57. The van der Waals surface area contributed by atoms with Gasteiger partial charge in [-0.2, -0.15) is 0 Å². The van der Waals surface area contributed by atoms with Crippen molar-refractivity contribution in [3.05, 3.63) is 0 Å². The van der Waals surface area contributed by atoms with E-state index in [1.54, 1.807) is 0 Å². The molecule has 0 amide bonds. The van der Waals surface area contributed by atoms with Gasteiger partial charge in [0.05, 0.1) is 0 Å². The summed E-state index contributed by atoms with van der Waals surface area (Å²) in [5, 5.41) is 3.86. The van der Waals surface area contributed by atoms with Crippen LogP contribution in [0.5, 0.6) is 0 Å². The van der Waals surface area contributed by atoms with Crippen LogP contribution in [0.4, 0.5) is 0 Å². The predicted octanol–water partition coefficient (Wildman–Crippen LogP) is 3.48. The van der Waals surface area contributed by atoms with Crippen LogP contribution in [0.3, 0.4) is 0 Å². The van der Waals surface area contributed by atoms with Crippen LogP contribution in [-0.2, 0) is 10.8 Å². The SMILES string of the molecule is CC(C)(C)C1CCCC(NC2CCS(=O)CC2)CC1. The summed E-state index contributed by atoms with van der Waals surface area (Å²) in [5.74, 6) is 2.71. The minimum absolute atomic E-state index is 0.469. The molecule has 2 fully saturated rings. The molecule has 1 N–H and O–H groups in total. The molecule has 2 rings (SSSR count). The molecule has 19 heavy (non-hydrogen) atoms. The van der Waals surface area contributed by atoms with Crippen LogP contribution >= 0.6 is 0 Å². The zero-order chi connectivity index (χ0) is 13.9. The molecule has 2 atom stereocenters. The highest BCUT2D eigenvalue weighted by Gasteiger charge is 2.29. The summed E-state index contributed by atoms with van der Waals surface area (Å²) in [6.45, 7) is 7.17. The second-order valence-corrected chi connectivity index (χ2v) is 9.25. The minimum Gasteiger partial charge on any atom is -0.311 e. The fraction of sp³-hybridized carbons (Fsp3) is 1.00. The van der Waals surface area contributed by atoms with E-state index in [0.717, 1.165) is 30.3 Å². The first kappa shape index (κ1) is 15.5. The van der Waals surface area contributed by atoms with E-state index in [-0.39, 0.29) is 0 Å². The first-order chi connectivity index (χ1) is 8.95. The molecule has 1 aliphatic heterocycles. The zero-order valence-electron chi connectivity index (χ0n) is 12.9.